The summed E-state index contributed by atoms with van der Waals surface area (Å²) in [6, 6.07) is 18.8. The molecule has 1 aliphatic heterocycles. The molecule has 3 N–H and O–H groups in total. The van der Waals surface area contributed by atoms with Crippen LogP contribution in [0.25, 0.3) is 0 Å². The quantitative estimate of drug-likeness (QED) is 0.251. The number of likely N-dealkylation sites (tertiary alicyclic amines) is 1. The van der Waals surface area contributed by atoms with E-state index >= 15 is 0 Å². The summed E-state index contributed by atoms with van der Waals surface area (Å²) >= 11 is 0. The Balaban J connectivity index is 0.00000363. The molecule has 32 heavy (non-hydrogen) atoms. The van der Waals surface area contributed by atoms with E-state index in [9.17, 15) is 5.11 Å². The van der Waals surface area contributed by atoms with Gasteiger partial charge >= 0.3 is 0 Å². The van der Waals surface area contributed by atoms with E-state index in [0.29, 0.717) is 6.54 Å². The van der Waals surface area contributed by atoms with Gasteiger partial charge in [0.05, 0.1) is 19.8 Å². The van der Waals surface area contributed by atoms with E-state index in [-0.39, 0.29) is 42.5 Å². The fourth-order valence-corrected chi connectivity index (χ4v) is 4.16. The maximum Gasteiger partial charge on any atom is 0.191 e. The highest BCUT2D eigenvalue weighted by Gasteiger charge is 2.23. The molecule has 2 unspecified atom stereocenters. The first kappa shape index (κ1) is 26.4. The molecule has 1 saturated heterocycles. The molecule has 0 spiro atoms. The Hall–Kier alpha value is -1.84. The number of rotatable bonds is 9. The molecule has 7 heteroatoms. The van der Waals surface area contributed by atoms with E-state index in [1.54, 1.807) is 14.2 Å². The van der Waals surface area contributed by atoms with Crippen LogP contribution in [0.1, 0.15) is 42.3 Å². The fourth-order valence-electron chi connectivity index (χ4n) is 4.16. The average molecular weight is 553 g/mol. The van der Waals surface area contributed by atoms with Crippen LogP contribution >= 0.6 is 24.0 Å². The number of piperidine rings is 1. The minimum atomic E-state index is 0. The Bertz CT molecular complexity index is 795. The predicted octanol–water partition coefficient (Wildman–Crippen LogP) is 3.78. The fraction of sp³-hybridized carbons (Fsp3) is 0.480. The topological polar surface area (TPSA) is 69.1 Å². The number of aliphatic hydroxyl groups is 1. The molecule has 176 valence electrons. The van der Waals surface area contributed by atoms with Crippen LogP contribution in [0.3, 0.4) is 0 Å². The van der Waals surface area contributed by atoms with Gasteiger partial charge in [-0.1, -0.05) is 48.9 Å². The highest BCUT2D eigenvalue weighted by molar-refractivity contribution is 14.0. The van der Waals surface area contributed by atoms with Crippen LogP contribution in [0.15, 0.2) is 59.6 Å². The number of methoxy groups -OCH3 is 1. The van der Waals surface area contributed by atoms with Gasteiger partial charge in [0.25, 0.3) is 0 Å². The summed E-state index contributed by atoms with van der Waals surface area (Å²) in [6.07, 6.45) is 3.80. The molecule has 2 aromatic carbocycles. The SMILES string of the molecule is CN=C(NCC(CO)c1ccccc1)NCC(c1ccc(OC)cc1)N1CCCCC1.I. The summed E-state index contributed by atoms with van der Waals surface area (Å²) in [5.41, 5.74) is 2.40. The van der Waals surface area contributed by atoms with E-state index in [1.165, 1.54) is 24.8 Å². The van der Waals surface area contributed by atoms with Gasteiger partial charge in [0.2, 0.25) is 0 Å². The lowest BCUT2D eigenvalue weighted by Crippen LogP contribution is -2.45. The van der Waals surface area contributed by atoms with E-state index in [0.717, 1.165) is 36.9 Å². The third kappa shape index (κ3) is 7.64. The van der Waals surface area contributed by atoms with Crippen molar-refractivity contribution in [3.05, 3.63) is 65.7 Å². The highest BCUT2D eigenvalue weighted by Crippen LogP contribution is 2.26. The molecular weight excluding hydrogens is 515 g/mol. The summed E-state index contributed by atoms with van der Waals surface area (Å²) in [7, 11) is 3.48. The maximum absolute atomic E-state index is 9.83. The van der Waals surface area contributed by atoms with Gasteiger partial charge in [-0.05, 0) is 49.2 Å². The van der Waals surface area contributed by atoms with E-state index in [2.05, 4.69) is 44.8 Å². The number of hydrogen-bond acceptors (Lipinski definition) is 4. The normalized spacial score (nSPS) is 16.5. The molecule has 0 saturated carbocycles. The summed E-state index contributed by atoms with van der Waals surface area (Å²) in [6.45, 7) is 3.71. The van der Waals surface area contributed by atoms with Gasteiger partial charge in [-0.3, -0.25) is 9.89 Å². The smallest absolute Gasteiger partial charge is 0.191 e. The van der Waals surface area contributed by atoms with Crippen molar-refractivity contribution < 1.29 is 9.84 Å². The zero-order chi connectivity index (χ0) is 21.9. The molecule has 0 radical (unpaired) electrons. The number of halogens is 1. The Labute approximate surface area is 209 Å². The number of aliphatic imine (C=N–C) groups is 1. The van der Waals surface area contributed by atoms with Crippen LogP contribution in [-0.4, -0.2) is 62.9 Å². The van der Waals surface area contributed by atoms with Crippen LogP contribution in [0.2, 0.25) is 0 Å². The largest absolute Gasteiger partial charge is 0.497 e. The van der Waals surface area contributed by atoms with Gasteiger partial charge in [0, 0.05) is 26.1 Å². The molecule has 0 aliphatic carbocycles. The number of guanidine groups is 1. The number of aliphatic hydroxyl groups excluding tert-OH is 1. The molecule has 2 aromatic rings. The summed E-state index contributed by atoms with van der Waals surface area (Å²) in [5, 5.41) is 16.7. The Morgan fingerprint density at radius 3 is 2.22 bits per heavy atom. The lowest BCUT2D eigenvalue weighted by atomic mass is 10.0. The predicted molar refractivity (Wildman–Crippen MR) is 142 cm³/mol. The maximum atomic E-state index is 9.83. The van der Waals surface area contributed by atoms with E-state index in [1.807, 2.05) is 30.3 Å². The molecular formula is C25H37IN4O2. The van der Waals surface area contributed by atoms with Gasteiger partial charge < -0.3 is 20.5 Å². The molecule has 1 aliphatic rings. The number of benzene rings is 2. The zero-order valence-electron chi connectivity index (χ0n) is 19.2. The lowest BCUT2D eigenvalue weighted by Gasteiger charge is -2.35. The molecule has 3 rings (SSSR count). The van der Waals surface area contributed by atoms with Crippen molar-refractivity contribution in [2.75, 3.05) is 46.9 Å². The van der Waals surface area contributed by atoms with E-state index < -0.39 is 0 Å². The van der Waals surface area contributed by atoms with Gasteiger partial charge in [-0.2, -0.15) is 0 Å². The number of nitrogens with one attached hydrogen (secondary N) is 2. The van der Waals surface area contributed by atoms with Crippen molar-refractivity contribution in [2.45, 2.75) is 31.2 Å². The first-order chi connectivity index (χ1) is 15.2. The molecule has 1 fully saturated rings. The van der Waals surface area contributed by atoms with Crippen LogP contribution in [0.4, 0.5) is 0 Å². The number of hydrogen-bond donors (Lipinski definition) is 3. The summed E-state index contributed by atoms with van der Waals surface area (Å²) < 4.78 is 5.33. The minimum Gasteiger partial charge on any atom is -0.497 e. The van der Waals surface area contributed by atoms with Crippen LogP contribution in [-0.2, 0) is 0 Å². The minimum absolute atomic E-state index is 0. The number of ether oxygens (including phenoxy) is 1. The van der Waals surface area contributed by atoms with Gasteiger partial charge in [-0.25, -0.2) is 0 Å². The van der Waals surface area contributed by atoms with Crippen molar-refractivity contribution in [1.82, 2.24) is 15.5 Å². The second kappa shape index (κ2) is 14.3. The lowest BCUT2D eigenvalue weighted by molar-refractivity contribution is 0.164. The van der Waals surface area contributed by atoms with Gasteiger partial charge in [0.15, 0.2) is 5.96 Å². The van der Waals surface area contributed by atoms with Crippen LogP contribution < -0.4 is 15.4 Å². The monoisotopic (exact) mass is 552 g/mol. The van der Waals surface area contributed by atoms with E-state index in [4.69, 9.17) is 4.74 Å². The van der Waals surface area contributed by atoms with Gasteiger partial charge in [0.1, 0.15) is 5.75 Å². The molecule has 1 heterocycles. The average Bonchev–Trinajstić information content (AvgIpc) is 2.85. The van der Waals surface area contributed by atoms with Crippen LogP contribution in [0, 0.1) is 0 Å². The Morgan fingerprint density at radius 1 is 0.969 bits per heavy atom. The van der Waals surface area contributed by atoms with Crippen molar-refractivity contribution in [3.8, 4) is 5.75 Å². The Morgan fingerprint density at radius 2 is 1.62 bits per heavy atom. The Kier molecular flexibility index (Phi) is 11.8. The summed E-state index contributed by atoms with van der Waals surface area (Å²) in [4.78, 5) is 6.96. The zero-order valence-corrected chi connectivity index (χ0v) is 21.5. The third-order valence-electron chi connectivity index (χ3n) is 6.03. The van der Waals surface area contributed by atoms with Crippen molar-refractivity contribution in [3.63, 3.8) is 0 Å². The second-order valence-corrected chi connectivity index (χ2v) is 8.01. The first-order valence-electron chi connectivity index (χ1n) is 11.2. The van der Waals surface area contributed by atoms with Crippen molar-refractivity contribution in [2.24, 2.45) is 4.99 Å². The van der Waals surface area contributed by atoms with Crippen molar-refractivity contribution in [1.29, 1.82) is 0 Å². The molecule has 0 aromatic heterocycles. The third-order valence-corrected chi connectivity index (χ3v) is 6.03. The highest BCUT2D eigenvalue weighted by atomic mass is 127. The first-order valence-corrected chi connectivity index (χ1v) is 11.2. The molecule has 6 nitrogen and oxygen atoms in total. The van der Waals surface area contributed by atoms with Gasteiger partial charge in [-0.15, -0.1) is 24.0 Å². The molecule has 0 amide bonds. The standard InChI is InChI=1S/C25H36N4O2.HI/c1-26-25(27-17-22(19-30)20-9-5-3-6-10-20)28-18-24(29-15-7-4-8-16-29)21-11-13-23(31-2)14-12-21;/h3,5-6,9-14,22,24,30H,4,7-8,15-19H2,1-2H3,(H2,26,27,28);1H. The molecule has 2 atom stereocenters. The molecule has 0 bridgehead atoms. The summed E-state index contributed by atoms with van der Waals surface area (Å²) in [5.74, 6) is 1.66. The van der Waals surface area contributed by atoms with Crippen molar-refractivity contribution >= 4 is 29.9 Å². The second-order valence-electron chi connectivity index (χ2n) is 8.01. The van der Waals surface area contributed by atoms with Crippen LogP contribution in [0.5, 0.6) is 5.75 Å². The number of nitrogens with zero attached hydrogens (tertiary/aromatic N) is 2.